The van der Waals surface area contributed by atoms with E-state index in [1.807, 2.05) is 36.4 Å². The summed E-state index contributed by atoms with van der Waals surface area (Å²) in [5, 5.41) is 13.4. The van der Waals surface area contributed by atoms with Crippen LogP contribution in [0.1, 0.15) is 38.7 Å². The molecule has 1 N–H and O–H groups in total. The zero-order chi connectivity index (χ0) is 18.5. The summed E-state index contributed by atoms with van der Waals surface area (Å²) in [5.74, 6) is 2.05. The molecule has 1 saturated heterocycles. The van der Waals surface area contributed by atoms with Crippen LogP contribution in [-0.4, -0.2) is 40.1 Å². The van der Waals surface area contributed by atoms with E-state index in [-0.39, 0.29) is 12.1 Å². The lowest BCUT2D eigenvalue weighted by Crippen LogP contribution is -2.48. The number of oxime groups is 1. The van der Waals surface area contributed by atoms with Crippen molar-refractivity contribution in [2.45, 2.75) is 45.2 Å². The predicted molar refractivity (Wildman–Crippen MR) is 100 cm³/mol. The second-order valence-electron chi connectivity index (χ2n) is 6.57. The van der Waals surface area contributed by atoms with Gasteiger partial charge in [0.25, 0.3) is 0 Å². The molecular weight excluding hydrogens is 330 g/mol. The second kappa shape index (κ2) is 8.08. The molecule has 0 radical (unpaired) electrons. The van der Waals surface area contributed by atoms with Crippen molar-refractivity contribution in [3.8, 4) is 17.4 Å². The van der Waals surface area contributed by atoms with Gasteiger partial charge in [-0.2, -0.15) is 0 Å². The van der Waals surface area contributed by atoms with E-state index < -0.39 is 0 Å². The molecule has 0 bridgehead atoms. The third kappa shape index (κ3) is 3.59. The van der Waals surface area contributed by atoms with Crippen LogP contribution in [0.2, 0.25) is 0 Å². The average molecular weight is 355 g/mol. The van der Waals surface area contributed by atoms with Gasteiger partial charge in [-0.15, -0.1) is 0 Å². The minimum atomic E-state index is 0.281. The molecule has 0 saturated carbocycles. The average Bonchev–Trinajstić information content (AvgIpc) is 2.66. The van der Waals surface area contributed by atoms with Gasteiger partial charge in [0.15, 0.2) is 17.3 Å². The van der Waals surface area contributed by atoms with Gasteiger partial charge in [0.05, 0.1) is 12.7 Å². The fourth-order valence-corrected chi connectivity index (χ4v) is 3.53. The zero-order valence-corrected chi connectivity index (χ0v) is 15.4. The van der Waals surface area contributed by atoms with Crippen LogP contribution in [0.5, 0.6) is 17.4 Å². The number of likely N-dealkylation sites (tertiary alicyclic amines) is 1. The minimum absolute atomic E-state index is 0.281. The molecule has 2 aromatic rings. The third-order valence-corrected chi connectivity index (χ3v) is 4.82. The van der Waals surface area contributed by atoms with Crippen molar-refractivity contribution < 1.29 is 14.7 Å². The van der Waals surface area contributed by atoms with Gasteiger partial charge in [-0.3, -0.25) is 0 Å². The smallest absolute Gasteiger partial charge is 0.230 e. The van der Waals surface area contributed by atoms with Gasteiger partial charge in [-0.1, -0.05) is 17.3 Å². The van der Waals surface area contributed by atoms with E-state index in [0.29, 0.717) is 28.8 Å². The summed E-state index contributed by atoms with van der Waals surface area (Å²) in [6.07, 6.45) is 4.96. The van der Waals surface area contributed by atoms with E-state index in [1.54, 1.807) is 13.3 Å². The molecule has 6 heteroatoms. The van der Waals surface area contributed by atoms with Crippen LogP contribution in [0.3, 0.4) is 0 Å². The standard InChI is InChI=1S/C20H25N3O3/c1-14-8-6-9-15(2)23(14)19(22-24)16-10-7-13-21-20(16)26-18-12-5-4-11-17(18)25-3/h4-5,7,10-15,24H,6,8-9H2,1-3H3/b22-19-. The summed E-state index contributed by atoms with van der Waals surface area (Å²) in [6, 6.07) is 11.6. The topological polar surface area (TPSA) is 67.2 Å². The van der Waals surface area contributed by atoms with Crippen LogP contribution in [-0.2, 0) is 0 Å². The van der Waals surface area contributed by atoms with Crippen molar-refractivity contribution >= 4 is 5.84 Å². The van der Waals surface area contributed by atoms with Crippen LogP contribution < -0.4 is 9.47 Å². The highest BCUT2D eigenvalue weighted by Crippen LogP contribution is 2.33. The monoisotopic (exact) mass is 355 g/mol. The van der Waals surface area contributed by atoms with Crippen molar-refractivity contribution in [1.82, 2.24) is 9.88 Å². The Morgan fingerprint density at radius 3 is 2.46 bits per heavy atom. The van der Waals surface area contributed by atoms with Gasteiger partial charge in [-0.05, 0) is 57.4 Å². The Bertz CT molecular complexity index is 768. The van der Waals surface area contributed by atoms with E-state index >= 15 is 0 Å². The van der Waals surface area contributed by atoms with Crippen LogP contribution in [0, 0.1) is 0 Å². The molecule has 1 aliphatic rings. The molecule has 2 atom stereocenters. The van der Waals surface area contributed by atoms with E-state index in [1.165, 1.54) is 6.42 Å². The highest BCUT2D eigenvalue weighted by atomic mass is 16.5. The lowest BCUT2D eigenvalue weighted by Gasteiger charge is -2.40. The first-order valence-electron chi connectivity index (χ1n) is 8.92. The first-order valence-corrected chi connectivity index (χ1v) is 8.92. The van der Waals surface area contributed by atoms with Crippen molar-refractivity contribution in [3.05, 3.63) is 48.2 Å². The fourth-order valence-electron chi connectivity index (χ4n) is 3.53. The normalized spacial score (nSPS) is 20.7. The van der Waals surface area contributed by atoms with Gasteiger partial charge in [0.1, 0.15) is 0 Å². The number of piperidine rings is 1. The lowest BCUT2D eigenvalue weighted by atomic mass is 9.96. The number of aromatic nitrogens is 1. The number of para-hydroxylation sites is 2. The minimum Gasteiger partial charge on any atom is -0.493 e. The van der Waals surface area contributed by atoms with Gasteiger partial charge in [0.2, 0.25) is 5.88 Å². The number of pyridine rings is 1. The maximum absolute atomic E-state index is 9.80. The molecule has 1 aromatic heterocycles. The molecule has 3 rings (SSSR count). The summed E-state index contributed by atoms with van der Waals surface area (Å²) >= 11 is 0. The summed E-state index contributed by atoms with van der Waals surface area (Å²) in [7, 11) is 1.60. The highest BCUT2D eigenvalue weighted by molar-refractivity contribution is 6.00. The molecule has 138 valence electrons. The largest absolute Gasteiger partial charge is 0.493 e. The summed E-state index contributed by atoms with van der Waals surface area (Å²) in [6.45, 7) is 4.30. The summed E-state index contributed by atoms with van der Waals surface area (Å²) in [5.41, 5.74) is 0.654. The zero-order valence-electron chi connectivity index (χ0n) is 15.4. The van der Waals surface area contributed by atoms with Crippen molar-refractivity contribution in [2.75, 3.05) is 7.11 Å². The number of ether oxygens (including phenoxy) is 2. The molecular formula is C20H25N3O3. The second-order valence-corrected chi connectivity index (χ2v) is 6.57. The molecule has 0 aliphatic carbocycles. The van der Waals surface area contributed by atoms with Crippen molar-refractivity contribution in [2.24, 2.45) is 5.16 Å². The van der Waals surface area contributed by atoms with E-state index in [2.05, 4.69) is 28.9 Å². The number of methoxy groups -OCH3 is 1. The van der Waals surface area contributed by atoms with Crippen LogP contribution in [0.25, 0.3) is 0 Å². The van der Waals surface area contributed by atoms with E-state index in [0.717, 1.165) is 12.8 Å². The van der Waals surface area contributed by atoms with Crippen LogP contribution >= 0.6 is 0 Å². The highest BCUT2D eigenvalue weighted by Gasteiger charge is 2.30. The Morgan fingerprint density at radius 1 is 1.12 bits per heavy atom. The number of amidine groups is 1. The van der Waals surface area contributed by atoms with Gasteiger partial charge in [-0.25, -0.2) is 4.98 Å². The molecule has 2 heterocycles. The van der Waals surface area contributed by atoms with Crippen LogP contribution in [0.15, 0.2) is 47.8 Å². The number of benzene rings is 1. The molecule has 0 spiro atoms. The molecule has 2 unspecified atom stereocenters. The maximum Gasteiger partial charge on any atom is 0.230 e. The van der Waals surface area contributed by atoms with Gasteiger partial charge in [0, 0.05) is 18.3 Å². The Hall–Kier alpha value is -2.76. The maximum atomic E-state index is 9.80. The van der Waals surface area contributed by atoms with Crippen molar-refractivity contribution in [1.29, 1.82) is 0 Å². The Labute approximate surface area is 154 Å². The Kier molecular flexibility index (Phi) is 5.61. The lowest BCUT2D eigenvalue weighted by molar-refractivity contribution is 0.181. The number of nitrogens with zero attached hydrogens (tertiary/aromatic N) is 3. The van der Waals surface area contributed by atoms with Crippen molar-refractivity contribution in [3.63, 3.8) is 0 Å². The Balaban J connectivity index is 1.98. The predicted octanol–water partition coefficient (Wildman–Crippen LogP) is 4.28. The SMILES string of the molecule is COc1ccccc1Oc1ncccc1/C(=N/O)N1C(C)CCCC1C. The molecule has 0 amide bonds. The third-order valence-electron chi connectivity index (χ3n) is 4.82. The summed E-state index contributed by atoms with van der Waals surface area (Å²) < 4.78 is 11.4. The molecule has 1 aromatic carbocycles. The number of rotatable bonds is 4. The first kappa shape index (κ1) is 18.0. The number of hydrogen-bond donors (Lipinski definition) is 1. The fraction of sp³-hybridized carbons (Fsp3) is 0.400. The Morgan fingerprint density at radius 2 is 1.81 bits per heavy atom. The molecule has 6 nitrogen and oxygen atoms in total. The molecule has 1 aliphatic heterocycles. The van der Waals surface area contributed by atoms with E-state index in [4.69, 9.17) is 9.47 Å². The van der Waals surface area contributed by atoms with Gasteiger partial charge >= 0.3 is 0 Å². The quantitative estimate of drug-likeness (QED) is 0.384. The summed E-state index contributed by atoms with van der Waals surface area (Å²) in [4.78, 5) is 6.52. The molecule has 1 fully saturated rings. The van der Waals surface area contributed by atoms with Crippen LogP contribution in [0.4, 0.5) is 0 Å². The number of hydrogen-bond acceptors (Lipinski definition) is 5. The van der Waals surface area contributed by atoms with Gasteiger partial charge < -0.3 is 19.6 Å². The first-order chi connectivity index (χ1) is 12.7. The van der Waals surface area contributed by atoms with E-state index in [9.17, 15) is 5.21 Å². The molecule has 26 heavy (non-hydrogen) atoms.